The van der Waals surface area contributed by atoms with E-state index in [9.17, 15) is 9.18 Å². The topological polar surface area (TPSA) is 62.2 Å². The number of pyridine rings is 1. The van der Waals surface area contributed by atoms with Gasteiger partial charge in [0, 0.05) is 24.4 Å². The molecular weight excluding hydrogens is 271 g/mol. The second-order valence-corrected chi connectivity index (χ2v) is 4.87. The maximum absolute atomic E-state index is 13.2. The number of aliphatic carboxylic acids is 1. The fourth-order valence-corrected chi connectivity index (χ4v) is 2.30. The number of carboxylic acids is 1. The minimum atomic E-state index is -0.877. The minimum absolute atomic E-state index is 0.288. The third kappa shape index (κ3) is 2.76. The number of rotatable bonds is 3. The molecule has 2 aromatic rings. The molecule has 0 aliphatic carbocycles. The van der Waals surface area contributed by atoms with Crippen LogP contribution in [0.5, 0.6) is 0 Å². The first-order chi connectivity index (χ1) is 10.1. The van der Waals surface area contributed by atoms with Crippen molar-refractivity contribution in [1.29, 1.82) is 0 Å². The Morgan fingerprint density at radius 1 is 1.29 bits per heavy atom. The van der Waals surface area contributed by atoms with Crippen molar-refractivity contribution in [3.8, 4) is 11.1 Å². The molecule has 21 heavy (non-hydrogen) atoms. The van der Waals surface area contributed by atoms with Gasteiger partial charge in [0.2, 0.25) is 0 Å². The first-order valence-corrected chi connectivity index (χ1v) is 6.54. The smallest absolute Gasteiger partial charge is 0.326 e. The Bertz CT molecular complexity index is 710. The monoisotopic (exact) mass is 284 g/mol. The van der Waals surface area contributed by atoms with Crippen LogP contribution >= 0.6 is 0 Å². The van der Waals surface area contributed by atoms with Gasteiger partial charge in [0.25, 0.3) is 0 Å². The highest BCUT2D eigenvalue weighted by Crippen LogP contribution is 2.25. The number of hydrogen-bond acceptors (Lipinski definition) is 3. The Kier molecular flexibility index (Phi) is 3.39. The molecule has 0 saturated carbocycles. The van der Waals surface area contributed by atoms with Gasteiger partial charge in [0.1, 0.15) is 11.9 Å². The molecule has 1 aliphatic rings. The third-order valence-corrected chi connectivity index (χ3v) is 3.43. The average Bonchev–Trinajstić information content (AvgIpc) is 2.97. The highest BCUT2D eigenvalue weighted by atomic mass is 19.1. The molecule has 5 heteroatoms. The molecule has 106 valence electrons. The Hall–Kier alpha value is -2.69. The molecule has 2 N–H and O–H groups in total. The standard InChI is InChI=1S/C16H13FN2O2/c17-13-3-1-2-10(6-13)11-4-5-14(18-8-11)12-7-15(16(20)21)19-9-12/h1-6,8-9,15,19H,7H2,(H,20,21). The van der Waals surface area contributed by atoms with Gasteiger partial charge in [-0.05, 0) is 29.3 Å². The van der Waals surface area contributed by atoms with Crippen molar-refractivity contribution < 1.29 is 14.3 Å². The fraction of sp³-hybridized carbons (Fsp3) is 0.125. The molecule has 0 fully saturated rings. The van der Waals surface area contributed by atoms with Crippen LogP contribution in [0.4, 0.5) is 4.39 Å². The van der Waals surface area contributed by atoms with E-state index in [-0.39, 0.29) is 5.82 Å². The van der Waals surface area contributed by atoms with E-state index in [1.54, 1.807) is 18.5 Å². The van der Waals surface area contributed by atoms with Gasteiger partial charge in [-0.1, -0.05) is 18.2 Å². The molecule has 0 spiro atoms. The zero-order valence-corrected chi connectivity index (χ0v) is 11.1. The van der Waals surface area contributed by atoms with Gasteiger partial charge >= 0.3 is 5.97 Å². The predicted molar refractivity (Wildman–Crippen MR) is 76.8 cm³/mol. The molecule has 0 radical (unpaired) electrons. The summed E-state index contributed by atoms with van der Waals surface area (Å²) in [7, 11) is 0. The quantitative estimate of drug-likeness (QED) is 0.909. The van der Waals surface area contributed by atoms with Crippen LogP contribution < -0.4 is 5.32 Å². The van der Waals surface area contributed by atoms with Gasteiger partial charge in [-0.25, -0.2) is 9.18 Å². The average molecular weight is 284 g/mol. The summed E-state index contributed by atoms with van der Waals surface area (Å²) in [5, 5.41) is 11.8. The summed E-state index contributed by atoms with van der Waals surface area (Å²) in [6.45, 7) is 0. The highest BCUT2D eigenvalue weighted by molar-refractivity contribution is 5.80. The number of halogens is 1. The number of nitrogens with zero attached hydrogens (tertiary/aromatic N) is 1. The van der Waals surface area contributed by atoms with Gasteiger partial charge in [0.05, 0.1) is 5.69 Å². The van der Waals surface area contributed by atoms with Crippen molar-refractivity contribution in [2.75, 3.05) is 0 Å². The van der Waals surface area contributed by atoms with Crippen LogP contribution in [0.15, 0.2) is 48.8 Å². The summed E-state index contributed by atoms with van der Waals surface area (Å²) >= 11 is 0. The summed E-state index contributed by atoms with van der Waals surface area (Å²) in [5.41, 5.74) is 3.16. The number of hydrogen-bond donors (Lipinski definition) is 2. The van der Waals surface area contributed by atoms with Crippen LogP contribution in [0.1, 0.15) is 12.1 Å². The van der Waals surface area contributed by atoms with E-state index in [1.807, 2.05) is 18.2 Å². The molecule has 1 aliphatic heterocycles. The van der Waals surface area contributed by atoms with Crippen molar-refractivity contribution in [1.82, 2.24) is 10.3 Å². The Morgan fingerprint density at radius 2 is 2.14 bits per heavy atom. The van der Waals surface area contributed by atoms with Gasteiger partial charge in [-0.2, -0.15) is 0 Å². The van der Waals surface area contributed by atoms with Crippen LogP contribution in [0.2, 0.25) is 0 Å². The fourth-order valence-electron chi connectivity index (χ4n) is 2.30. The summed E-state index contributed by atoms with van der Waals surface area (Å²) in [4.78, 5) is 15.2. The van der Waals surface area contributed by atoms with Gasteiger partial charge < -0.3 is 10.4 Å². The van der Waals surface area contributed by atoms with Crippen LogP contribution in [0, 0.1) is 5.82 Å². The van der Waals surface area contributed by atoms with E-state index in [1.165, 1.54) is 12.1 Å². The maximum atomic E-state index is 13.2. The maximum Gasteiger partial charge on any atom is 0.326 e. The second-order valence-electron chi connectivity index (χ2n) is 4.87. The van der Waals surface area contributed by atoms with Crippen LogP contribution in [0.3, 0.4) is 0 Å². The van der Waals surface area contributed by atoms with Crippen LogP contribution in [-0.4, -0.2) is 22.1 Å². The lowest BCUT2D eigenvalue weighted by Gasteiger charge is -2.06. The van der Waals surface area contributed by atoms with Crippen molar-refractivity contribution in [3.05, 3.63) is 60.3 Å². The molecule has 4 nitrogen and oxygen atoms in total. The molecule has 1 aromatic carbocycles. The van der Waals surface area contributed by atoms with Crippen LogP contribution in [-0.2, 0) is 4.79 Å². The Balaban J connectivity index is 1.81. The molecule has 3 rings (SSSR count). The van der Waals surface area contributed by atoms with Gasteiger partial charge in [-0.3, -0.25) is 4.98 Å². The molecule has 0 saturated heterocycles. The van der Waals surface area contributed by atoms with E-state index in [4.69, 9.17) is 5.11 Å². The van der Waals surface area contributed by atoms with Crippen molar-refractivity contribution in [2.24, 2.45) is 0 Å². The zero-order valence-electron chi connectivity index (χ0n) is 11.1. The van der Waals surface area contributed by atoms with Crippen molar-refractivity contribution >= 4 is 11.5 Å². The Labute approximate surface area is 121 Å². The van der Waals surface area contributed by atoms with Crippen molar-refractivity contribution in [3.63, 3.8) is 0 Å². The number of nitrogens with one attached hydrogen (secondary N) is 1. The van der Waals surface area contributed by atoms with Gasteiger partial charge in [-0.15, -0.1) is 0 Å². The predicted octanol–water partition coefficient (Wildman–Crippen LogP) is 2.68. The largest absolute Gasteiger partial charge is 0.480 e. The van der Waals surface area contributed by atoms with E-state index in [0.29, 0.717) is 6.42 Å². The molecule has 0 bridgehead atoms. The SMILES string of the molecule is O=C(O)C1CC(c2ccc(-c3cccc(F)c3)cn2)=CN1. The van der Waals surface area contributed by atoms with Crippen LogP contribution in [0.25, 0.3) is 16.7 Å². The van der Waals surface area contributed by atoms with E-state index in [0.717, 1.165) is 22.4 Å². The first-order valence-electron chi connectivity index (χ1n) is 6.54. The number of aromatic nitrogens is 1. The van der Waals surface area contributed by atoms with E-state index >= 15 is 0 Å². The number of carbonyl (C=O) groups is 1. The summed E-state index contributed by atoms with van der Waals surface area (Å²) in [6.07, 6.45) is 3.75. The molecule has 0 amide bonds. The van der Waals surface area contributed by atoms with E-state index < -0.39 is 12.0 Å². The normalized spacial score (nSPS) is 17.2. The molecule has 1 unspecified atom stereocenters. The summed E-state index contributed by atoms with van der Waals surface area (Å²) < 4.78 is 13.2. The molecule has 1 atom stereocenters. The molecule has 2 heterocycles. The molecular formula is C16H13FN2O2. The number of carboxylic acid groups (broad SMARTS) is 1. The minimum Gasteiger partial charge on any atom is -0.480 e. The Morgan fingerprint density at radius 3 is 2.76 bits per heavy atom. The summed E-state index contributed by atoms with van der Waals surface area (Å²) in [6, 6.07) is 9.39. The lowest BCUT2D eigenvalue weighted by molar-refractivity contribution is -0.138. The second kappa shape index (κ2) is 5.36. The third-order valence-electron chi connectivity index (χ3n) is 3.43. The van der Waals surface area contributed by atoms with Crippen molar-refractivity contribution in [2.45, 2.75) is 12.5 Å². The van der Waals surface area contributed by atoms with E-state index in [2.05, 4.69) is 10.3 Å². The zero-order chi connectivity index (χ0) is 14.8. The van der Waals surface area contributed by atoms with Gasteiger partial charge in [0.15, 0.2) is 0 Å². The lowest BCUT2D eigenvalue weighted by atomic mass is 10.0. The lowest BCUT2D eigenvalue weighted by Crippen LogP contribution is -2.28. The summed E-state index contributed by atoms with van der Waals surface area (Å²) in [5.74, 6) is -1.17. The molecule has 1 aromatic heterocycles. The first kappa shape index (κ1) is 13.3. The highest BCUT2D eigenvalue weighted by Gasteiger charge is 2.24. The number of benzene rings is 1.